The minimum Gasteiger partial charge on any atom is -0.473 e. The van der Waals surface area contributed by atoms with Crippen LogP contribution >= 0.6 is 46.0 Å². The molecule has 0 radical (unpaired) electrons. The van der Waals surface area contributed by atoms with Crippen LogP contribution < -0.4 is 15.8 Å². The van der Waals surface area contributed by atoms with Gasteiger partial charge in [-0.3, -0.25) is 4.79 Å². The van der Waals surface area contributed by atoms with Crippen LogP contribution in [0.5, 0.6) is 5.75 Å². The molecule has 1 aliphatic carbocycles. The largest absolute Gasteiger partial charge is 0.473 e. The molecule has 3 rings (SSSR count). The lowest BCUT2D eigenvalue weighted by atomic mass is 10.1. The number of ether oxygens (including phenoxy) is 1. The van der Waals surface area contributed by atoms with Crippen LogP contribution in [0.15, 0.2) is 64.7 Å². The van der Waals surface area contributed by atoms with Crippen LogP contribution in [0.25, 0.3) is 0 Å². The number of nitrogens with zero attached hydrogens (tertiary/aromatic N) is 1. The number of rotatable bonds is 7. The Balaban J connectivity index is 1.58. The number of hydrogen-bond acceptors (Lipinski definition) is 5. The summed E-state index contributed by atoms with van der Waals surface area (Å²) in [4.78, 5) is 17.3. The molecule has 5 nitrogen and oxygen atoms in total. The molecular weight excluding hydrogens is 521 g/mol. The van der Waals surface area contributed by atoms with Gasteiger partial charge in [0.15, 0.2) is 3.61 Å². The van der Waals surface area contributed by atoms with Crippen LogP contribution in [0.1, 0.15) is 29.3 Å². The van der Waals surface area contributed by atoms with E-state index in [1.54, 1.807) is 30.1 Å². The maximum absolute atomic E-state index is 12.2. The van der Waals surface area contributed by atoms with Gasteiger partial charge < -0.3 is 15.8 Å². The lowest BCUT2D eigenvalue weighted by Crippen LogP contribution is -2.27. The number of aromatic nitrogens is 1. The van der Waals surface area contributed by atoms with Gasteiger partial charge in [0.25, 0.3) is 5.91 Å². The molecule has 0 spiro atoms. The Kier molecular flexibility index (Phi) is 7.48. The number of nitrogens with two attached hydrogens (primary N) is 1. The number of anilines is 1. The monoisotopic (exact) mass is 541 g/mol. The Hall–Kier alpha value is -1.71. The molecule has 0 bridgehead atoms. The molecule has 2 aromatic rings. The molecule has 1 unspecified atom stereocenters. The summed E-state index contributed by atoms with van der Waals surface area (Å²) in [6.07, 6.45) is 6.38. The topological polar surface area (TPSA) is 77.2 Å². The molecule has 1 aromatic heterocycles. The number of hydrogen-bond donors (Lipinski definition) is 2. The average molecular weight is 542 g/mol. The van der Waals surface area contributed by atoms with E-state index in [9.17, 15) is 4.79 Å². The van der Waals surface area contributed by atoms with Crippen LogP contribution in [-0.4, -0.2) is 20.3 Å². The molecule has 0 fully saturated rings. The Morgan fingerprint density at radius 3 is 2.79 bits per heavy atom. The van der Waals surface area contributed by atoms with E-state index in [1.165, 1.54) is 0 Å². The van der Waals surface area contributed by atoms with Crippen LogP contribution in [-0.2, 0) is 6.54 Å². The van der Waals surface area contributed by atoms with Crippen molar-refractivity contribution in [3.05, 3.63) is 75.8 Å². The number of nitrogen functional groups attached to an aromatic ring is 1. The summed E-state index contributed by atoms with van der Waals surface area (Å²) in [7, 11) is 0. The number of thioether (sulfide) groups is 1. The van der Waals surface area contributed by atoms with E-state index in [0.717, 1.165) is 33.4 Å². The van der Waals surface area contributed by atoms with Crippen molar-refractivity contribution >= 4 is 57.7 Å². The summed E-state index contributed by atoms with van der Waals surface area (Å²) in [6, 6.07) is 11.0. The van der Waals surface area contributed by atoms with Gasteiger partial charge >= 0.3 is 0 Å². The Labute approximate surface area is 193 Å². The molecule has 1 heterocycles. The lowest BCUT2D eigenvalue weighted by molar-refractivity contribution is 0.0951. The third kappa shape index (κ3) is 5.90. The highest BCUT2D eigenvalue weighted by Gasteiger charge is 2.30. The van der Waals surface area contributed by atoms with Crippen molar-refractivity contribution in [2.75, 3.05) is 11.5 Å². The van der Waals surface area contributed by atoms with Crippen LogP contribution in [0.3, 0.4) is 0 Å². The van der Waals surface area contributed by atoms with E-state index in [0.29, 0.717) is 12.1 Å². The first-order chi connectivity index (χ1) is 13.9. The van der Waals surface area contributed by atoms with Gasteiger partial charge in [0.1, 0.15) is 11.6 Å². The molecule has 8 heteroatoms. The van der Waals surface area contributed by atoms with Gasteiger partial charge in [0.2, 0.25) is 0 Å². The summed E-state index contributed by atoms with van der Waals surface area (Å²) < 4.78 is 5.65. The van der Waals surface area contributed by atoms with E-state index < -0.39 is 3.61 Å². The zero-order chi connectivity index (χ0) is 20.9. The van der Waals surface area contributed by atoms with Gasteiger partial charge in [-0.05, 0) is 64.2 Å². The number of halogens is 2. The van der Waals surface area contributed by atoms with Gasteiger partial charge in [-0.2, -0.15) is 0 Å². The minimum absolute atomic E-state index is 0.217. The Bertz CT molecular complexity index is 949. The van der Waals surface area contributed by atoms with Crippen molar-refractivity contribution < 1.29 is 9.53 Å². The smallest absolute Gasteiger partial charge is 0.255 e. The van der Waals surface area contributed by atoms with Crippen molar-refractivity contribution in [3.8, 4) is 5.75 Å². The number of benzene rings is 1. The molecule has 152 valence electrons. The summed E-state index contributed by atoms with van der Waals surface area (Å²) in [6.45, 7) is 2.49. The molecule has 1 aromatic carbocycles. The van der Waals surface area contributed by atoms with E-state index >= 15 is 0 Å². The number of pyridine rings is 1. The molecule has 3 N–H and O–H groups in total. The first-order valence-corrected chi connectivity index (χ1v) is 11.5. The van der Waals surface area contributed by atoms with Gasteiger partial charge in [0.05, 0.1) is 10.6 Å². The van der Waals surface area contributed by atoms with Crippen molar-refractivity contribution in [1.29, 1.82) is 0 Å². The molecule has 1 amide bonds. The Morgan fingerprint density at radius 1 is 1.38 bits per heavy atom. The highest BCUT2D eigenvalue weighted by Crippen LogP contribution is 2.40. The predicted octanol–water partition coefficient (Wildman–Crippen LogP) is 5.27. The Morgan fingerprint density at radius 2 is 2.14 bits per heavy atom. The summed E-state index contributed by atoms with van der Waals surface area (Å²) in [5, 5.41) is 3.58. The fourth-order valence-corrected chi connectivity index (χ4v) is 4.86. The van der Waals surface area contributed by atoms with E-state index in [-0.39, 0.29) is 11.7 Å². The summed E-state index contributed by atoms with van der Waals surface area (Å²) >= 11 is 10.4. The zero-order valence-corrected chi connectivity index (χ0v) is 19.6. The van der Waals surface area contributed by atoms with Gasteiger partial charge in [-0.25, -0.2) is 4.98 Å². The number of carbonyl (C=O) groups is 1. The number of amides is 1. The maximum atomic E-state index is 12.2. The van der Waals surface area contributed by atoms with E-state index in [1.807, 2.05) is 30.3 Å². The highest BCUT2D eigenvalue weighted by molar-refractivity contribution is 14.1. The third-order valence-electron chi connectivity index (χ3n) is 4.19. The lowest BCUT2D eigenvalue weighted by Gasteiger charge is -2.28. The normalized spacial score (nSPS) is 18.6. The number of nitrogens with one attached hydrogen (secondary N) is 1. The molecular formula is C21H21ClIN3O2S. The molecule has 1 atom stereocenters. The SMILES string of the molecule is CCSC1=CCC(I)(Oc2ccc(CNC(=O)c3cccnc3N)cc2)C=C1Cl. The molecule has 1 aliphatic rings. The van der Waals surface area contributed by atoms with Crippen LogP contribution in [0.4, 0.5) is 5.82 Å². The van der Waals surface area contributed by atoms with Crippen molar-refractivity contribution in [2.24, 2.45) is 0 Å². The average Bonchev–Trinajstić information content (AvgIpc) is 2.70. The quantitative estimate of drug-likeness (QED) is 0.369. The van der Waals surface area contributed by atoms with Crippen LogP contribution in [0.2, 0.25) is 0 Å². The maximum Gasteiger partial charge on any atom is 0.255 e. The second kappa shape index (κ2) is 9.86. The van der Waals surface area contributed by atoms with Crippen LogP contribution in [0, 0.1) is 0 Å². The molecule has 29 heavy (non-hydrogen) atoms. The summed E-state index contributed by atoms with van der Waals surface area (Å²) in [5.74, 6) is 1.69. The van der Waals surface area contributed by atoms with Crippen molar-refractivity contribution in [3.63, 3.8) is 0 Å². The zero-order valence-electron chi connectivity index (χ0n) is 15.8. The second-order valence-electron chi connectivity index (χ2n) is 6.35. The molecule has 0 saturated carbocycles. The fourth-order valence-electron chi connectivity index (χ4n) is 2.76. The number of alkyl halides is 1. The third-order valence-corrected chi connectivity index (χ3v) is 6.57. The summed E-state index contributed by atoms with van der Waals surface area (Å²) in [5.41, 5.74) is 7.06. The fraction of sp³-hybridized carbons (Fsp3) is 0.238. The first-order valence-electron chi connectivity index (χ1n) is 9.07. The van der Waals surface area contributed by atoms with E-state index in [2.05, 4.69) is 45.9 Å². The van der Waals surface area contributed by atoms with Gasteiger partial charge in [-0.1, -0.05) is 36.7 Å². The van der Waals surface area contributed by atoms with Gasteiger partial charge in [0, 0.05) is 24.1 Å². The second-order valence-corrected chi connectivity index (χ2v) is 9.89. The first kappa shape index (κ1) is 22.0. The predicted molar refractivity (Wildman–Crippen MR) is 128 cm³/mol. The number of allylic oxidation sites excluding steroid dienone is 1. The van der Waals surface area contributed by atoms with Crippen molar-refractivity contribution in [2.45, 2.75) is 23.5 Å². The molecule has 0 saturated heterocycles. The standard InChI is InChI=1S/C21H21ClIN3O2S/c1-2-29-18-9-10-21(23,12-17(18)22)28-15-7-5-14(6-8-15)13-26-20(27)16-4-3-11-25-19(16)24/h3-9,11-12H,2,10,13H2,1H3,(H2,24,25)(H,26,27). The van der Waals surface area contributed by atoms with Gasteiger partial charge in [-0.15, -0.1) is 11.8 Å². The highest BCUT2D eigenvalue weighted by atomic mass is 127. The van der Waals surface area contributed by atoms with Crippen molar-refractivity contribution in [1.82, 2.24) is 10.3 Å². The molecule has 0 aliphatic heterocycles. The minimum atomic E-state index is -0.514. The number of carbonyl (C=O) groups excluding carboxylic acids is 1. The van der Waals surface area contributed by atoms with E-state index in [4.69, 9.17) is 22.1 Å².